The van der Waals surface area contributed by atoms with Crippen molar-refractivity contribution < 1.29 is 9.90 Å². The first kappa shape index (κ1) is 12.8. The van der Waals surface area contributed by atoms with E-state index >= 15 is 0 Å². The second-order valence-corrected chi connectivity index (χ2v) is 4.44. The third-order valence-electron chi connectivity index (χ3n) is 2.45. The van der Waals surface area contributed by atoms with Crippen LogP contribution in [0.5, 0.6) is 0 Å². The lowest BCUT2D eigenvalue weighted by molar-refractivity contribution is 0.0696. The summed E-state index contributed by atoms with van der Waals surface area (Å²) in [7, 11) is 0. The molecule has 1 heterocycles. The van der Waals surface area contributed by atoms with Crippen LogP contribution in [0.3, 0.4) is 0 Å². The average molecular weight is 243 g/mol. The van der Waals surface area contributed by atoms with Gasteiger partial charge in [-0.2, -0.15) is 0 Å². The molecule has 0 radical (unpaired) electrons. The Labute approximate surface area is 99.6 Å². The summed E-state index contributed by atoms with van der Waals surface area (Å²) in [6.07, 6.45) is 1.30. The molecule has 1 atom stereocenters. The van der Waals surface area contributed by atoms with E-state index in [4.69, 9.17) is 16.7 Å². The molecule has 88 valence electrons. The Morgan fingerprint density at radius 2 is 2.12 bits per heavy atom. The zero-order valence-electron chi connectivity index (χ0n) is 9.49. The monoisotopic (exact) mass is 242 g/mol. The lowest BCUT2D eigenvalue weighted by Crippen LogP contribution is -2.22. The Kier molecular flexibility index (Phi) is 4.12. The van der Waals surface area contributed by atoms with E-state index in [2.05, 4.69) is 24.1 Å². The zero-order chi connectivity index (χ0) is 12.3. The molecule has 0 bridgehead atoms. The van der Waals surface area contributed by atoms with Gasteiger partial charge in [0.2, 0.25) is 0 Å². The van der Waals surface area contributed by atoms with Crippen LogP contribution in [-0.2, 0) is 0 Å². The summed E-state index contributed by atoms with van der Waals surface area (Å²) in [5, 5.41) is 12.2. The van der Waals surface area contributed by atoms with Crippen LogP contribution in [0.15, 0.2) is 12.3 Å². The third kappa shape index (κ3) is 3.10. The number of nitrogens with one attached hydrogen (secondary N) is 1. The fourth-order valence-electron chi connectivity index (χ4n) is 1.04. The van der Waals surface area contributed by atoms with Gasteiger partial charge in [0.05, 0.1) is 10.6 Å². The van der Waals surface area contributed by atoms with Gasteiger partial charge in [-0.05, 0) is 18.9 Å². The Balaban J connectivity index is 2.87. The SMILES string of the molecule is CC(C)C(C)Nc1ncc(C(=O)O)cc1Cl. The normalized spacial score (nSPS) is 12.6. The van der Waals surface area contributed by atoms with Crippen LogP contribution in [0, 0.1) is 5.92 Å². The van der Waals surface area contributed by atoms with Crippen molar-refractivity contribution >= 4 is 23.4 Å². The van der Waals surface area contributed by atoms with Crippen LogP contribution in [-0.4, -0.2) is 22.1 Å². The van der Waals surface area contributed by atoms with E-state index in [1.165, 1.54) is 12.3 Å². The number of anilines is 1. The van der Waals surface area contributed by atoms with E-state index in [0.717, 1.165) is 0 Å². The van der Waals surface area contributed by atoms with E-state index in [1.807, 2.05) is 6.92 Å². The van der Waals surface area contributed by atoms with Gasteiger partial charge in [0.15, 0.2) is 0 Å². The minimum atomic E-state index is -1.03. The van der Waals surface area contributed by atoms with E-state index in [0.29, 0.717) is 16.8 Å². The van der Waals surface area contributed by atoms with Crippen molar-refractivity contribution in [1.82, 2.24) is 4.98 Å². The number of carbonyl (C=O) groups is 1. The third-order valence-corrected chi connectivity index (χ3v) is 2.74. The minimum absolute atomic E-state index is 0.0905. The first-order chi connectivity index (χ1) is 7.41. The largest absolute Gasteiger partial charge is 0.478 e. The van der Waals surface area contributed by atoms with Crippen LogP contribution in [0.4, 0.5) is 5.82 Å². The quantitative estimate of drug-likeness (QED) is 0.852. The van der Waals surface area contributed by atoms with Gasteiger partial charge >= 0.3 is 5.97 Å². The van der Waals surface area contributed by atoms with Crippen molar-refractivity contribution in [3.8, 4) is 0 Å². The standard InChI is InChI=1S/C11H15ClN2O2/c1-6(2)7(3)14-10-9(12)4-8(5-13-10)11(15)16/h4-7H,1-3H3,(H,13,14)(H,15,16). The molecular formula is C11H15ClN2O2. The highest BCUT2D eigenvalue weighted by molar-refractivity contribution is 6.33. The summed E-state index contributed by atoms with van der Waals surface area (Å²) in [4.78, 5) is 14.7. The molecule has 0 saturated heterocycles. The van der Waals surface area contributed by atoms with E-state index in [9.17, 15) is 4.79 Å². The highest BCUT2D eigenvalue weighted by Crippen LogP contribution is 2.22. The molecule has 0 fully saturated rings. The molecule has 0 amide bonds. The van der Waals surface area contributed by atoms with Crippen LogP contribution in [0.2, 0.25) is 5.02 Å². The highest BCUT2D eigenvalue weighted by atomic mass is 35.5. The van der Waals surface area contributed by atoms with Gasteiger partial charge in [-0.25, -0.2) is 9.78 Å². The molecular weight excluding hydrogens is 228 g/mol. The van der Waals surface area contributed by atoms with Gasteiger partial charge in [-0.15, -0.1) is 0 Å². The van der Waals surface area contributed by atoms with Crippen molar-refractivity contribution in [2.75, 3.05) is 5.32 Å². The predicted molar refractivity (Wildman–Crippen MR) is 64.1 cm³/mol. The van der Waals surface area contributed by atoms with Gasteiger partial charge in [0.25, 0.3) is 0 Å². The maximum atomic E-state index is 10.7. The zero-order valence-corrected chi connectivity index (χ0v) is 10.2. The predicted octanol–water partition coefficient (Wildman–Crippen LogP) is 2.89. The van der Waals surface area contributed by atoms with E-state index in [-0.39, 0.29) is 11.6 Å². The van der Waals surface area contributed by atoms with Gasteiger partial charge in [-0.1, -0.05) is 25.4 Å². The molecule has 1 rings (SSSR count). The number of aromatic nitrogens is 1. The molecule has 1 aromatic heterocycles. The van der Waals surface area contributed by atoms with Crippen LogP contribution in [0.25, 0.3) is 0 Å². The number of aromatic carboxylic acids is 1. The van der Waals surface area contributed by atoms with E-state index < -0.39 is 5.97 Å². The number of carboxylic acid groups (broad SMARTS) is 1. The van der Waals surface area contributed by atoms with Crippen molar-refractivity contribution in [3.05, 3.63) is 22.8 Å². The maximum Gasteiger partial charge on any atom is 0.337 e. The Bertz CT molecular complexity index is 394. The van der Waals surface area contributed by atoms with Gasteiger partial charge < -0.3 is 10.4 Å². The molecule has 0 aromatic carbocycles. The molecule has 1 unspecified atom stereocenters. The molecule has 16 heavy (non-hydrogen) atoms. The molecule has 1 aromatic rings. The smallest absolute Gasteiger partial charge is 0.337 e. The topological polar surface area (TPSA) is 62.2 Å². The minimum Gasteiger partial charge on any atom is -0.478 e. The number of hydrogen-bond acceptors (Lipinski definition) is 3. The summed E-state index contributed by atoms with van der Waals surface area (Å²) in [5.41, 5.74) is 0.0905. The molecule has 0 aliphatic heterocycles. The van der Waals surface area contributed by atoms with Crippen molar-refractivity contribution in [1.29, 1.82) is 0 Å². The summed E-state index contributed by atoms with van der Waals surface area (Å²) in [6, 6.07) is 1.62. The first-order valence-electron chi connectivity index (χ1n) is 5.07. The number of hydrogen-bond donors (Lipinski definition) is 2. The highest BCUT2D eigenvalue weighted by Gasteiger charge is 2.12. The second kappa shape index (κ2) is 5.16. The van der Waals surface area contributed by atoms with Crippen LogP contribution < -0.4 is 5.32 Å². The van der Waals surface area contributed by atoms with E-state index in [1.54, 1.807) is 0 Å². The van der Waals surface area contributed by atoms with Gasteiger partial charge in [0, 0.05) is 12.2 Å². The van der Waals surface area contributed by atoms with Gasteiger partial charge in [0.1, 0.15) is 5.82 Å². The van der Waals surface area contributed by atoms with Crippen LogP contribution >= 0.6 is 11.6 Å². The Hall–Kier alpha value is -1.29. The fourth-order valence-corrected chi connectivity index (χ4v) is 1.26. The number of carboxylic acids is 1. The molecule has 0 aliphatic rings. The van der Waals surface area contributed by atoms with Crippen molar-refractivity contribution in [2.45, 2.75) is 26.8 Å². The molecule has 5 heteroatoms. The molecule has 0 aliphatic carbocycles. The molecule has 4 nitrogen and oxygen atoms in total. The number of pyridine rings is 1. The summed E-state index contributed by atoms with van der Waals surface area (Å²) < 4.78 is 0. The Morgan fingerprint density at radius 1 is 1.50 bits per heavy atom. The molecule has 0 saturated carbocycles. The summed E-state index contributed by atoms with van der Waals surface area (Å²) in [6.45, 7) is 6.18. The Morgan fingerprint density at radius 3 is 2.56 bits per heavy atom. The van der Waals surface area contributed by atoms with Crippen LogP contribution in [0.1, 0.15) is 31.1 Å². The number of rotatable bonds is 4. The second-order valence-electron chi connectivity index (χ2n) is 4.04. The number of halogens is 1. The summed E-state index contributed by atoms with van der Waals surface area (Å²) in [5.74, 6) is -0.0669. The van der Waals surface area contributed by atoms with Crippen molar-refractivity contribution in [2.24, 2.45) is 5.92 Å². The molecule has 0 spiro atoms. The fraction of sp³-hybridized carbons (Fsp3) is 0.455. The number of nitrogens with zero attached hydrogens (tertiary/aromatic N) is 1. The lowest BCUT2D eigenvalue weighted by Gasteiger charge is -2.18. The first-order valence-corrected chi connectivity index (χ1v) is 5.45. The molecule has 2 N–H and O–H groups in total. The average Bonchev–Trinajstić information content (AvgIpc) is 2.20. The van der Waals surface area contributed by atoms with Gasteiger partial charge in [-0.3, -0.25) is 0 Å². The summed E-state index contributed by atoms with van der Waals surface area (Å²) >= 11 is 5.93. The maximum absolute atomic E-state index is 10.7. The van der Waals surface area contributed by atoms with Crippen molar-refractivity contribution in [3.63, 3.8) is 0 Å². The lowest BCUT2D eigenvalue weighted by atomic mass is 10.1.